The lowest BCUT2D eigenvalue weighted by atomic mass is 9.97. The van der Waals surface area contributed by atoms with E-state index in [4.69, 9.17) is 4.42 Å². The van der Waals surface area contributed by atoms with Crippen LogP contribution in [0.5, 0.6) is 0 Å². The van der Waals surface area contributed by atoms with E-state index in [0.717, 1.165) is 35.8 Å². The molecule has 0 saturated heterocycles. The number of hydrogen-bond donors (Lipinski definition) is 0. The van der Waals surface area contributed by atoms with Gasteiger partial charge in [-0.05, 0) is 36.5 Å². The van der Waals surface area contributed by atoms with Gasteiger partial charge >= 0.3 is 0 Å². The smallest absolute Gasteiger partial charge is 0.159 e. The highest BCUT2D eigenvalue weighted by atomic mass is 28.3. The first kappa shape index (κ1) is 14.1. The molecule has 3 heteroatoms. The summed E-state index contributed by atoms with van der Waals surface area (Å²) < 4.78 is 5.63. The minimum atomic E-state index is -1.37. The van der Waals surface area contributed by atoms with Gasteiger partial charge in [0.05, 0.1) is 11.6 Å². The minimum Gasteiger partial charge on any atom is -0.474 e. The van der Waals surface area contributed by atoms with Crippen LogP contribution in [-0.2, 0) is 11.2 Å². The van der Waals surface area contributed by atoms with E-state index >= 15 is 0 Å². The molecule has 2 nitrogen and oxygen atoms in total. The molecule has 0 saturated carbocycles. The van der Waals surface area contributed by atoms with Crippen LogP contribution in [0.15, 0.2) is 40.5 Å². The summed E-state index contributed by atoms with van der Waals surface area (Å²) in [5.74, 6) is 0.278. The van der Waals surface area contributed by atoms with Crippen molar-refractivity contribution in [1.29, 1.82) is 0 Å². The Morgan fingerprint density at radius 1 is 1.37 bits per heavy atom. The van der Waals surface area contributed by atoms with Gasteiger partial charge in [-0.2, -0.15) is 0 Å². The molecule has 0 bridgehead atoms. The number of carbonyl (C=O) groups excluding carboxylic acids is 1. The van der Waals surface area contributed by atoms with Crippen LogP contribution in [0.3, 0.4) is 0 Å². The van der Waals surface area contributed by atoms with Crippen LogP contribution in [0, 0.1) is 0 Å². The van der Waals surface area contributed by atoms with Crippen molar-refractivity contribution in [2.24, 2.45) is 0 Å². The predicted molar refractivity (Wildman–Crippen MR) is 81.5 cm³/mol. The fraction of sp³-hybridized carbons (Fsp3) is 0.438. The third-order valence-electron chi connectivity index (χ3n) is 3.41. The second-order valence-electron chi connectivity index (χ2n) is 6.15. The molecule has 102 valence electrons. The van der Waals surface area contributed by atoms with Gasteiger partial charge in [0, 0.05) is 6.42 Å². The molecular weight excluding hydrogens is 252 g/mol. The van der Waals surface area contributed by atoms with E-state index in [1.807, 2.05) is 18.4 Å². The van der Waals surface area contributed by atoms with Crippen molar-refractivity contribution in [3.8, 4) is 0 Å². The van der Waals surface area contributed by atoms with Gasteiger partial charge in [-0.25, -0.2) is 0 Å². The molecule has 1 aromatic heterocycles. The van der Waals surface area contributed by atoms with E-state index in [1.165, 1.54) is 0 Å². The van der Waals surface area contributed by atoms with Gasteiger partial charge in [0.2, 0.25) is 0 Å². The number of ketones is 1. The Balaban J connectivity index is 1.92. The lowest BCUT2D eigenvalue weighted by Gasteiger charge is -2.10. The Morgan fingerprint density at radius 2 is 2.16 bits per heavy atom. The van der Waals surface area contributed by atoms with Crippen molar-refractivity contribution >= 4 is 19.2 Å². The summed E-state index contributed by atoms with van der Waals surface area (Å²) in [6.07, 6.45) is 11.1. The molecule has 0 unspecified atom stereocenters. The summed E-state index contributed by atoms with van der Waals surface area (Å²) in [6, 6.07) is 2.13. The van der Waals surface area contributed by atoms with Gasteiger partial charge in [-0.15, -0.1) is 0 Å². The molecule has 0 amide bonds. The van der Waals surface area contributed by atoms with Crippen LogP contribution in [-0.4, -0.2) is 13.9 Å². The minimum absolute atomic E-state index is 0.278. The van der Waals surface area contributed by atoms with Crippen LogP contribution < -0.4 is 5.38 Å². The van der Waals surface area contributed by atoms with Crippen LogP contribution in [0.4, 0.5) is 0 Å². The molecular formula is C16H22O2Si. The van der Waals surface area contributed by atoms with Gasteiger partial charge in [-0.3, -0.25) is 4.79 Å². The van der Waals surface area contributed by atoms with E-state index in [-0.39, 0.29) is 5.78 Å². The quantitative estimate of drug-likeness (QED) is 0.768. The number of aryl methyl sites for hydroxylation is 1. The van der Waals surface area contributed by atoms with Gasteiger partial charge in [0.1, 0.15) is 8.07 Å². The van der Waals surface area contributed by atoms with Crippen LogP contribution in [0.25, 0.3) is 0 Å². The summed E-state index contributed by atoms with van der Waals surface area (Å²) in [4.78, 5) is 12.1. The number of carbonyl (C=O) groups is 1. The number of allylic oxidation sites excluding steroid dienone is 4. The highest BCUT2D eigenvalue weighted by Crippen LogP contribution is 2.16. The fourth-order valence-corrected chi connectivity index (χ4v) is 3.18. The monoisotopic (exact) mass is 274 g/mol. The number of rotatable bonds is 5. The first-order valence-corrected chi connectivity index (χ1v) is 10.4. The van der Waals surface area contributed by atoms with Crippen LogP contribution in [0.1, 0.15) is 24.8 Å². The third kappa shape index (κ3) is 3.80. The highest BCUT2D eigenvalue weighted by molar-refractivity contribution is 6.87. The largest absolute Gasteiger partial charge is 0.474 e. The summed E-state index contributed by atoms with van der Waals surface area (Å²) in [5.41, 5.74) is 2.12. The topological polar surface area (TPSA) is 30.2 Å². The summed E-state index contributed by atoms with van der Waals surface area (Å²) in [5, 5.41) is 1.12. The molecule has 0 spiro atoms. The molecule has 0 atom stereocenters. The van der Waals surface area contributed by atoms with Crippen LogP contribution in [0.2, 0.25) is 19.6 Å². The van der Waals surface area contributed by atoms with E-state index in [2.05, 4.69) is 31.8 Å². The Morgan fingerprint density at radius 3 is 2.74 bits per heavy atom. The maximum absolute atomic E-state index is 12.1. The SMILES string of the molecule is C[Si](C)(C)c1cc(CCC(=O)C2=CC=CCC2)co1. The zero-order valence-corrected chi connectivity index (χ0v) is 13.0. The van der Waals surface area contributed by atoms with Gasteiger partial charge < -0.3 is 4.42 Å². The van der Waals surface area contributed by atoms with Crippen molar-refractivity contribution in [1.82, 2.24) is 0 Å². The Labute approximate surface area is 116 Å². The molecule has 0 aromatic carbocycles. The van der Waals surface area contributed by atoms with Crippen molar-refractivity contribution in [3.05, 3.63) is 41.7 Å². The van der Waals surface area contributed by atoms with E-state index in [0.29, 0.717) is 6.42 Å². The molecule has 1 aromatic rings. The first-order valence-electron chi connectivity index (χ1n) is 6.93. The zero-order chi connectivity index (χ0) is 13.9. The van der Waals surface area contributed by atoms with Crippen LogP contribution >= 0.6 is 0 Å². The normalized spacial score (nSPS) is 15.4. The van der Waals surface area contributed by atoms with Gasteiger partial charge in [0.25, 0.3) is 0 Å². The van der Waals surface area contributed by atoms with Crippen molar-refractivity contribution < 1.29 is 9.21 Å². The Hall–Kier alpha value is -1.35. The Bertz CT molecular complexity index is 515. The second-order valence-corrected chi connectivity index (χ2v) is 11.1. The summed E-state index contributed by atoms with van der Waals surface area (Å²) in [6.45, 7) is 6.79. The molecule has 19 heavy (non-hydrogen) atoms. The summed E-state index contributed by atoms with van der Waals surface area (Å²) >= 11 is 0. The van der Waals surface area contributed by atoms with E-state index < -0.39 is 8.07 Å². The first-order chi connectivity index (χ1) is 8.97. The molecule has 0 N–H and O–H groups in total. The average Bonchev–Trinajstić information content (AvgIpc) is 2.86. The zero-order valence-electron chi connectivity index (χ0n) is 12.0. The molecule has 0 aliphatic heterocycles. The van der Waals surface area contributed by atoms with Gasteiger partial charge in [0.15, 0.2) is 5.78 Å². The summed E-state index contributed by atoms with van der Waals surface area (Å²) in [7, 11) is -1.37. The molecule has 2 rings (SSSR count). The maximum Gasteiger partial charge on any atom is 0.159 e. The third-order valence-corrected chi connectivity index (χ3v) is 5.15. The van der Waals surface area contributed by atoms with Crippen molar-refractivity contribution in [3.63, 3.8) is 0 Å². The molecule has 1 aliphatic carbocycles. The lowest BCUT2D eigenvalue weighted by Crippen LogP contribution is -2.36. The number of furan rings is 1. The standard InChI is InChI=1S/C16H22O2Si/c1-19(2,3)16-11-13(12-18-16)9-10-15(17)14-7-5-4-6-8-14/h4-5,7,11-12H,6,8-10H2,1-3H3. The second kappa shape index (κ2) is 5.74. The van der Waals surface area contributed by atoms with Crippen molar-refractivity contribution in [2.45, 2.75) is 45.3 Å². The van der Waals surface area contributed by atoms with Crippen molar-refractivity contribution in [2.75, 3.05) is 0 Å². The number of hydrogen-bond acceptors (Lipinski definition) is 2. The molecule has 0 radical (unpaired) electrons. The molecule has 1 heterocycles. The predicted octanol–water partition coefficient (Wildman–Crippen LogP) is 3.60. The number of Topliss-reactive ketones (excluding diaryl/α,β-unsaturated/α-hetero) is 1. The lowest BCUT2D eigenvalue weighted by molar-refractivity contribution is -0.115. The Kier molecular flexibility index (Phi) is 4.25. The highest BCUT2D eigenvalue weighted by Gasteiger charge is 2.21. The molecule has 0 fully saturated rings. The van der Waals surface area contributed by atoms with E-state index in [9.17, 15) is 4.79 Å². The van der Waals surface area contributed by atoms with E-state index in [1.54, 1.807) is 0 Å². The van der Waals surface area contributed by atoms with Gasteiger partial charge in [-0.1, -0.05) is 37.9 Å². The fourth-order valence-electron chi connectivity index (χ4n) is 2.15. The maximum atomic E-state index is 12.1. The molecule has 1 aliphatic rings. The average molecular weight is 274 g/mol.